The van der Waals surface area contributed by atoms with Gasteiger partial charge in [-0.25, -0.2) is 4.98 Å². The molecule has 0 unspecified atom stereocenters. The highest BCUT2D eigenvalue weighted by Gasteiger charge is 2.07. The number of aryl methyl sites for hydroxylation is 1. The maximum absolute atomic E-state index is 5.92. The third-order valence-electron chi connectivity index (χ3n) is 2.82. The van der Waals surface area contributed by atoms with Crippen molar-refractivity contribution in [3.63, 3.8) is 0 Å². The van der Waals surface area contributed by atoms with Crippen LogP contribution in [0.15, 0.2) is 42.6 Å². The monoisotopic (exact) mass is 242 g/mol. The molecule has 1 aromatic heterocycles. The Kier molecular flexibility index (Phi) is 4.31. The highest BCUT2D eigenvalue weighted by molar-refractivity contribution is 5.38. The molecule has 0 radical (unpaired) electrons. The van der Waals surface area contributed by atoms with E-state index in [-0.39, 0.29) is 0 Å². The van der Waals surface area contributed by atoms with Gasteiger partial charge in [0.25, 0.3) is 0 Å². The van der Waals surface area contributed by atoms with Crippen molar-refractivity contribution in [2.75, 3.05) is 6.54 Å². The number of benzene rings is 1. The Bertz CT molecular complexity index is 511. The Hall–Kier alpha value is -1.87. The summed E-state index contributed by atoms with van der Waals surface area (Å²) in [7, 11) is 0. The van der Waals surface area contributed by atoms with Crippen LogP contribution in [0.25, 0.3) is 0 Å². The van der Waals surface area contributed by atoms with E-state index in [4.69, 9.17) is 10.5 Å². The molecule has 0 spiro atoms. The number of hydrogen-bond acceptors (Lipinski definition) is 3. The van der Waals surface area contributed by atoms with Gasteiger partial charge in [0.05, 0.1) is 0 Å². The molecule has 0 aliphatic heterocycles. The van der Waals surface area contributed by atoms with E-state index in [0.29, 0.717) is 12.4 Å². The van der Waals surface area contributed by atoms with E-state index in [1.54, 1.807) is 6.20 Å². The average molecular weight is 242 g/mol. The molecule has 2 N–H and O–H groups in total. The number of hydrogen-bond donors (Lipinski definition) is 1. The summed E-state index contributed by atoms with van der Waals surface area (Å²) in [6.45, 7) is 2.71. The van der Waals surface area contributed by atoms with E-state index < -0.39 is 0 Å². The smallest absolute Gasteiger partial charge is 0.222 e. The summed E-state index contributed by atoms with van der Waals surface area (Å²) in [5, 5.41) is 0. The number of pyridine rings is 1. The second-order valence-corrected chi connectivity index (χ2v) is 4.07. The molecule has 18 heavy (non-hydrogen) atoms. The summed E-state index contributed by atoms with van der Waals surface area (Å²) in [6, 6.07) is 11.9. The lowest BCUT2D eigenvalue weighted by Crippen LogP contribution is -2.05. The van der Waals surface area contributed by atoms with Gasteiger partial charge < -0.3 is 10.5 Å². The van der Waals surface area contributed by atoms with E-state index in [9.17, 15) is 0 Å². The van der Waals surface area contributed by atoms with Gasteiger partial charge >= 0.3 is 0 Å². The maximum Gasteiger partial charge on any atom is 0.222 e. The lowest BCUT2D eigenvalue weighted by Gasteiger charge is -2.11. The fourth-order valence-electron chi connectivity index (χ4n) is 1.86. The van der Waals surface area contributed by atoms with Gasteiger partial charge in [0, 0.05) is 11.8 Å². The van der Waals surface area contributed by atoms with Crippen molar-refractivity contribution in [1.29, 1.82) is 0 Å². The molecule has 0 aliphatic carbocycles. The fourth-order valence-corrected chi connectivity index (χ4v) is 1.86. The molecule has 0 bridgehead atoms. The van der Waals surface area contributed by atoms with Crippen molar-refractivity contribution in [3.8, 4) is 11.6 Å². The highest BCUT2D eigenvalue weighted by Crippen LogP contribution is 2.26. The van der Waals surface area contributed by atoms with Crippen LogP contribution in [-0.4, -0.2) is 11.5 Å². The van der Waals surface area contributed by atoms with Crippen molar-refractivity contribution >= 4 is 0 Å². The topological polar surface area (TPSA) is 48.1 Å². The molecule has 1 aromatic carbocycles. The third-order valence-corrected chi connectivity index (χ3v) is 2.82. The van der Waals surface area contributed by atoms with Gasteiger partial charge in [-0.15, -0.1) is 0 Å². The summed E-state index contributed by atoms with van der Waals surface area (Å²) in [5.41, 5.74) is 7.82. The second-order valence-electron chi connectivity index (χ2n) is 4.07. The number of para-hydroxylation sites is 1. The highest BCUT2D eigenvalue weighted by atomic mass is 16.5. The Balaban J connectivity index is 2.28. The molecular formula is C15H18N2O. The number of nitrogens with zero attached hydrogens (tertiary/aromatic N) is 1. The van der Waals surface area contributed by atoms with Crippen LogP contribution >= 0.6 is 0 Å². The summed E-state index contributed by atoms with van der Waals surface area (Å²) < 4.78 is 5.92. The first-order valence-electron chi connectivity index (χ1n) is 6.25. The largest absolute Gasteiger partial charge is 0.438 e. The number of ether oxygens (including phenoxy) is 1. The SMILES string of the molecule is CCc1ccccc1Oc1ncccc1CCN. The molecule has 0 aliphatic rings. The summed E-state index contributed by atoms with van der Waals surface area (Å²) >= 11 is 0. The van der Waals surface area contributed by atoms with E-state index in [1.165, 1.54) is 5.56 Å². The first kappa shape index (κ1) is 12.6. The molecule has 0 amide bonds. The minimum Gasteiger partial charge on any atom is -0.438 e. The molecule has 0 atom stereocenters. The van der Waals surface area contributed by atoms with Gasteiger partial charge in [0.2, 0.25) is 5.88 Å². The van der Waals surface area contributed by atoms with Gasteiger partial charge in [-0.3, -0.25) is 0 Å². The van der Waals surface area contributed by atoms with Gasteiger partial charge in [-0.2, -0.15) is 0 Å². The molecule has 94 valence electrons. The average Bonchev–Trinajstić information content (AvgIpc) is 2.42. The van der Waals surface area contributed by atoms with Crippen molar-refractivity contribution in [3.05, 3.63) is 53.7 Å². The zero-order valence-corrected chi connectivity index (χ0v) is 10.6. The van der Waals surface area contributed by atoms with E-state index >= 15 is 0 Å². The fraction of sp³-hybridized carbons (Fsp3) is 0.267. The van der Waals surface area contributed by atoms with Gasteiger partial charge in [-0.05, 0) is 37.1 Å². The molecule has 1 heterocycles. The Morgan fingerprint density at radius 2 is 1.89 bits per heavy atom. The first-order valence-corrected chi connectivity index (χ1v) is 6.25. The van der Waals surface area contributed by atoms with Crippen LogP contribution in [-0.2, 0) is 12.8 Å². The maximum atomic E-state index is 5.92. The number of nitrogens with two attached hydrogens (primary N) is 1. The standard InChI is InChI=1S/C15H18N2O/c1-2-12-6-3-4-8-14(12)18-15-13(9-10-16)7-5-11-17-15/h3-8,11H,2,9-10,16H2,1H3. The zero-order chi connectivity index (χ0) is 12.8. The van der Waals surface area contributed by atoms with Crippen LogP contribution in [0.1, 0.15) is 18.1 Å². The van der Waals surface area contributed by atoms with Crippen LogP contribution in [0, 0.1) is 0 Å². The molecular weight excluding hydrogens is 224 g/mol. The molecule has 3 heteroatoms. The van der Waals surface area contributed by atoms with Crippen LogP contribution in [0.5, 0.6) is 11.6 Å². The Morgan fingerprint density at radius 1 is 1.11 bits per heavy atom. The van der Waals surface area contributed by atoms with Crippen molar-refractivity contribution in [2.45, 2.75) is 19.8 Å². The predicted molar refractivity (Wildman–Crippen MR) is 72.9 cm³/mol. The van der Waals surface area contributed by atoms with Crippen LogP contribution in [0.2, 0.25) is 0 Å². The molecule has 0 saturated heterocycles. The Morgan fingerprint density at radius 3 is 2.67 bits per heavy atom. The molecule has 0 saturated carbocycles. The molecule has 2 aromatic rings. The van der Waals surface area contributed by atoms with Crippen molar-refractivity contribution < 1.29 is 4.74 Å². The first-order chi connectivity index (χ1) is 8.85. The molecule has 2 rings (SSSR count). The summed E-state index contributed by atoms with van der Waals surface area (Å²) in [6.07, 6.45) is 3.45. The van der Waals surface area contributed by atoms with Gasteiger partial charge in [0.15, 0.2) is 0 Å². The second kappa shape index (κ2) is 6.17. The van der Waals surface area contributed by atoms with Crippen LogP contribution in [0.4, 0.5) is 0 Å². The minimum absolute atomic E-state index is 0.595. The van der Waals surface area contributed by atoms with E-state index in [1.807, 2.05) is 30.3 Å². The quantitative estimate of drug-likeness (QED) is 0.877. The lowest BCUT2D eigenvalue weighted by molar-refractivity contribution is 0.451. The number of aromatic nitrogens is 1. The molecule has 0 fully saturated rings. The van der Waals surface area contributed by atoms with Crippen LogP contribution < -0.4 is 10.5 Å². The minimum atomic E-state index is 0.595. The molecule has 3 nitrogen and oxygen atoms in total. The lowest BCUT2D eigenvalue weighted by atomic mass is 10.1. The van der Waals surface area contributed by atoms with Crippen molar-refractivity contribution in [1.82, 2.24) is 4.98 Å². The van der Waals surface area contributed by atoms with Gasteiger partial charge in [-0.1, -0.05) is 31.2 Å². The Labute approximate surface area is 108 Å². The van der Waals surface area contributed by atoms with Crippen molar-refractivity contribution in [2.24, 2.45) is 5.73 Å². The summed E-state index contributed by atoms with van der Waals surface area (Å²) in [4.78, 5) is 4.29. The van der Waals surface area contributed by atoms with E-state index in [2.05, 4.69) is 18.0 Å². The van der Waals surface area contributed by atoms with Gasteiger partial charge in [0.1, 0.15) is 5.75 Å². The number of rotatable bonds is 5. The predicted octanol–water partition coefficient (Wildman–Crippen LogP) is 2.94. The van der Waals surface area contributed by atoms with Crippen LogP contribution in [0.3, 0.4) is 0 Å². The van der Waals surface area contributed by atoms with E-state index in [0.717, 1.165) is 24.2 Å². The summed E-state index contributed by atoms with van der Waals surface area (Å²) in [5.74, 6) is 1.53. The normalized spacial score (nSPS) is 10.3. The third kappa shape index (κ3) is 2.87. The zero-order valence-electron chi connectivity index (χ0n) is 10.6.